The van der Waals surface area contributed by atoms with Crippen molar-refractivity contribution < 1.29 is 22.1 Å². The zero-order valence-corrected chi connectivity index (χ0v) is 15.5. The normalized spacial score (nSPS) is 11.6. The van der Waals surface area contributed by atoms with Crippen molar-refractivity contribution in [1.82, 2.24) is 0 Å². The lowest BCUT2D eigenvalue weighted by atomic mass is 10.0. The maximum atomic E-state index is 12.1. The summed E-state index contributed by atoms with van der Waals surface area (Å²) in [4.78, 5) is 11.2. The fraction of sp³-hybridized carbons (Fsp3) is 0.562. The van der Waals surface area contributed by atoms with Crippen molar-refractivity contribution in [3.05, 3.63) is 28.3 Å². The third-order valence-corrected chi connectivity index (χ3v) is 4.84. The lowest BCUT2D eigenvalue weighted by molar-refractivity contribution is -0.143. The predicted octanol–water partition coefficient (Wildman–Crippen LogP) is 3.82. The number of hydrogen-bond donors (Lipinski definition) is 0. The second-order valence-electron chi connectivity index (χ2n) is 5.55. The number of hydrogen-bond acceptors (Lipinski definition) is 5. The molecule has 0 aliphatic rings. The lowest BCUT2D eigenvalue weighted by Gasteiger charge is -2.15. The topological polar surface area (TPSA) is 69.7 Å². The molecule has 0 heterocycles. The standard InChI is InChI=1S/C16H23ClO5S/c1-5-21-16(18)7-6-8-23(19,20)22-15-9-12(4)14(17)10-13(15)11(2)3/h9-11H,5-8H2,1-4H3. The van der Waals surface area contributed by atoms with Gasteiger partial charge in [-0.15, -0.1) is 0 Å². The van der Waals surface area contributed by atoms with Crippen LogP contribution in [0.25, 0.3) is 0 Å². The third-order valence-electron chi connectivity index (χ3n) is 3.21. The van der Waals surface area contributed by atoms with Gasteiger partial charge in [-0.05, 0) is 49.4 Å². The molecule has 0 saturated heterocycles. The van der Waals surface area contributed by atoms with Crippen molar-refractivity contribution in [2.75, 3.05) is 12.4 Å². The molecule has 0 N–H and O–H groups in total. The first-order valence-corrected chi connectivity index (χ1v) is 9.49. The Bertz CT molecular complexity index is 653. The molecule has 5 nitrogen and oxygen atoms in total. The first kappa shape index (κ1) is 19.8. The average Bonchev–Trinajstić information content (AvgIpc) is 2.42. The smallest absolute Gasteiger partial charge is 0.309 e. The van der Waals surface area contributed by atoms with Crippen LogP contribution in [0.15, 0.2) is 12.1 Å². The minimum atomic E-state index is -3.78. The molecule has 1 aromatic carbocycles. The van der Waals surface area contributed by atoms with Crippen LogP contribution in [-0.2, 0) is 19.6 Å². The highest BCUT2D eigenvalue weighted by Gasteiger charge is 2.19. The van der Waals surface area contributed by atoms with E-state index in [0.29, 0.717) is 5.02 Å². The Morgan fingerprint density at radius 3 is 2.52 bits per heavy atom. The van der Waals surface area contributed by atoms with Gasteiger partial charge in [-0.25, -0.2) is 0 Å². The Morgan fingerprint density at radius 1 is 1.30 bits per heavy atom. The molecule has 130 valence electrons. The largest absolute Gasteiger partial charge is 0.466 e. The van der Waals surface area contributed by atoms with Crippen LogP contribution in [0.3, 0.4) is 0 Å². The number of benzene rings is 1. The number of halogens is 1. The van der Waals surface area contributed by atoms with Gasteiger partial charge in [0.05, 0.1) is 12.4 Å². The molecule has 0 bridgehead atoms. The molecule has 1 rings (SSSR count). The fourth-order valence-electron chi connectivity index (χ4n) is 2.00. The van der Waals surface area contributed by atoms with Crippen LogP contribution in [-0.4, -0.2) is 26.7 Å². The summed E-state index contributed by atoms with van der Waals surface area (Å²) in [5.41, 5.74) is 1.47. The van der Waals surface area contributed by atoms with Gasteiger partial charge in [0, 0.05) is 11.4 Å². The molecule has 0 spiro atoms. The maximum absolute atomic E-state index is 12.1. The van der Waals surface area contributed by atoms with Gasteiger partial charge in [0.25, 0.3) is 0 Å². The number of rotatable bonds is 8. The zero-order chi connectivity index (χ0) is 17.6. The molecule has 0 saturated carbocycles. The Balaban J connectivity index is 2.81. The molecular formula is C16H23ClO5S. The van der Waals surface area contributed by atoms with Crippen LogP contribution in [0.4, 0.5) is 0 Å². The van der Waals surface area contributed by atoms with Crippen LogP contribution in [0, 0.1) is 6.92 Å². The van der Waals surface area contributed by atoms with E-state index in [-0.39, 0.29) is 36.9 Å². The van der Waals surface area contributed by atoms with Gasteiger partial charge in [0.15, 0.2) is 0 Å². The van der Waals surface area contributed by atoms with Crippen molar-refractivity contribution >= 4 is 27.7 Å². The van der Waals surface area contributed by atoms with Crippen molar-refractivity contribution in [2.45, 2.75) is 46.5 Å². The van der Waals surface area contributed by atoms with Crippen molar-refractivity contribution in [3.63, 3.8) is 0 Å². The van der Waals surface area contributed by atoms with Gasteiger partial charge >= 0.3 is 16.1 Å². The van der Waals surface area contributed by atoms with Crippen molar-refractivity contribution in [2.24, 2.45) is 0 Å². The van der Waals surface area contributed by atoms with Crippen molar-refractivity contribution in [1.29, 1.82) is 0 Å². The predicted molar refractivity (Wildman–Crippen MR) is 90.6 cm³/mol. The quantitative estimate of drug-likeness (QED) is 0.519. The summed E-state index contributed by atoms with van der Waals surface area (Å²) in [6.07, 6.45) is 0.206. The Hall–Kier alpha value is -1.27. The maximum Gasteiger partial charge on any atom is 0.309 e. The molecule has 0 amide bonds. The monoisotopic (exact) mass is 362 g/mol. The number of carbonyl (C=O) groups is 1. The lowest BCUT2D eigenvalue weighted by Crippen LogP contribution is -2.16. The zero-order valence-electron chi connectivity index (χ0n) is 13.9. The Morgan fingerprint density at radius 2 is 1.96 bits per heavy atom. The summed E-state index contributed by atoms with van der Waals surface area (Å²) in [6, 6.07) is 3.35. The molecule has 23 heavy (non-hydrogen) atoms. The molecule has 1 aromatic rings. The highest BCUT2D eigenvalue weighted by Crippen LogP contribution is 2.32. The summed E-state index contributed by atoms with van der Waals surface area (Å²) in [6.45, 7) is 7.63. The van der Waals surface area contributed by atoms with Crippen LogP contribution < -0.4 is 4.18 Å². The minimum Gasteiger partial charge on any atom is -0.466 e. The molecule has 0 aromatic heterocycles. The first-order valence-electron chi connectivity index (χ1n) is 7.54. The highest BCUT2D eigenvalue weighted by molar-refractivity contribution is 7.87. The average molecular weight is 363 g/mol. The molecule has 0 aliphatic carbocycles. The van der Waals surface area contributed by atoms with Crippen LogP contribution >= 0.6 is 11.6 Å². The number of aryl methyl sites for hydroxylation is 1. The van der Waals surface area contributed by atoms with E-state index in [2.05, 4.69) is 0 Å². The summed E-state index contributed by atoms with van der Waals surface area (Å²) >= 11 is 6.09. The number of ether oxygens (including phenoxy) is 1. The molecule has 0 unspecified atom stereocenters. The van der Waals surface area contributed by atoms with Gasteiger partial charge in [0.2, 0.25) is 0 Å². The van der Waals surface area contributed by atoms with E-state index in [9.17, 15) is 13.2 Å². The van der Waals surface area contributed by atoms with Gasteiger partial charge in [0.1, 0.15) is 5.75 Å². The van der Waals surface area contributed by atoms with Crippen LogP contribution in [0.5, 0.6) is 5.75 Å². The van der Waals surface area contributed by atoms with E-state index in [1.54, 1.807) is 26.0 Å². The molecular weight excluding hydrogens is 340 g/mol. The van der Waals surface area contributed by atoms with Gasteiger partial charge in [-0.1, -0.05) is 25.4 Å². The van der Waals surface area contributed by atoms with E-state index in [4.69, 9.17) is 20.5 Å². The highest BCUT2D eigenvalue weighted by atomic mass is 35.5. The third kappa shape index (κ3) is 6.39. The minimum absolute atomic E-state index is 0.0487. The van der Waals surface area contributed by atoms with Gasteiger partial charge in [-0.2, -0.15) is 8.42 Å². The molecule has 7 heteroatoms. The fourth-order valence-corrected chi connectivity index (χ4v) is 3.17. The second-order valence-corrected chi connectivity index (χ2v) is 7.65. The summed E-state index contributed by atoms with van der Waals surface area (Å²) in [5.74, 6) is -0.297. The number of carbonyl (C=O) groups excluding carboxylic acids is 1. The SMILES string of the molecule is CCOC(=O)CCCS(=O)(=O)Oc1cc(C)c(Cl)cc1C(C)C. The van der Waals surface area contributed by atoms with Crippen LogP contribution in [0.1, 0.15) is 50.7 Å². The Labute approximate surface area is 143 Å². The summed E-state index contributed by atoms with van der Waals surface area (Å²) in [7, 11) is -3.78. The summed E-state index contributed by atoms with van der Waals surface area (Å²) < 4.78 is 34.2. The van der Waals surface area contributed by atoms with E-state index in [1.165, 1.54) is 0 Å². The van der Waals surface area contributed by atoms with E-state index < -0.39 is 16.1 Å². The molecule has 0 aliphatic heterocycles. The number of esters is 1. The van der Waals surface area contributed by atoms with E-state index in [1.807, 2.05) is 13.8 Å². The van der Waals surface area contributed by atoms with E-state index >= 15 is 0 Å². The molecule has 0 fully saturated rings. The van der Waals surface area contributed by atoms with E-state index in [0.717, 1.165) is 11.1 Å². The summed E-state index contributed by atoms with van der Waals surface area (Å²) in [5, 5.41) is 0.570. The second kappa shape index (κ2) is 8.55. The van der Waals surface area contributed by atoms with Gasteiger partial charge in [-0.3, -0.25) is 4.79 Å². The Kier molecular flexibility index (Phi) is 7.35. The van der Waals surface area contributed by atoms with Gasteiger partial charge < -0.3 is 8.92 Å². The van der Waals surface area contributed by atoms with Crippen LogP contribution in [0.2, 0.25) is 5.02 Å². The molecule has 0 radical (unpaired) electrons. The first-order chi connectivity index (χ1) is 10.7. The molecule has 0 atom stereocenters. The van der Waals surface area contributed by atoms with Crippen molar-refractivity contribution in [3.8, 4) is 5.75 Å².